The molecule has 292 valence electrons. The van der Waals surface area contributed by atoms with E-state index in [0.29, 0.717) is 13.2 Å². The molecule has 0 saturated carbocycles. The van der Waals surface area contributed by atoms with E-state index in [2.05, 4.69) is 27.0 Å². The molecule has 14 nitrogen and oxygen atoms in total. The van der Waals surface area contributed by atoms with E-state index in [1.165, 1.54) is 89.9 Å². The SMILES string of the molecule is C=C(OOCCCCCCCCCCCC)N(CC(=O)[O-])CC(=O)O.C=C(OOCCCCCCCCCCCC)N(CC(=O)[O-])CC(=O)O.[K+].[Na+]. The van der Waals surface area contributed by atoms with Crippen molar-refractivity contribution in [2.45, 2.75) is 142 Å². The summed E-state index contributed by atoms with van der Waals surface area (Å²) in [5, 5.41) is 38.6. The summed E-state index contributed by atoms with van der Waals surface area (Å²) in [5.41, 5.74) is 0. The van der Waals surface area contributed by atoms with Gasteiger partial charge in [-0.05, 0) is 26.0 Å². The Bertz CT molecular complexity index is 826. The van der Waals surface area contributed by atoms with E-state index in [1.807, 2.05) is 0 Å². The molecule has 0 fully saturated rings. The molecule has 0 radical (unpaired) electrons. The number of unbranched alkanes of at least 4 members (excludes halogenated alkanes) is 18. The molecule has 0 atom stereocenters. The van der Waals surface area contributed by atoms with Gasteiger partial charge < -0.3 is 49.6 Å². The Hall–Kier alpha value is -0.884. The van der Waals surface area contributed by atoms with Crippen LogP contribution in [0.5, 0.6) is 0 Å². The summed E-state index contributed by atoms with van der Waals surface area (Å²) < 4.78 is 0. The molecule has 0 aliphatic heterocycles. The van der Waals surface area contributed by atoms with Gasteiger partial charge in [0.05, 0.1) is 38.2 Å². The second kappa shape index (κ2) is 42.9. The van der Waals surface area contributed by atoms with Gasteiger partial charge in [0.1, 0.15) is 13.1 Å². The van der Waals surface area contributed by atoms with Crippen LogP contribution in [-0.2, 0) is 38.7 Å². The molecule has 0 aromatic heterocycles. The largest absolute Gasteiger partial charge is 1.00 e. The number of rotatable bonds is 36. The smallest absolute Gasteiger partial charge is 0.548 e. The first-order valence-corrected chi connectivity index (χ1v) is 18.2. The van der Waals surface area contributed by atoms with Gasteiger partial charge in [0.15, 0.2) is 0 Å². The number of carboxylic acids is 4. The predicted molar refractivity (Wildman–Crippen MR) is 184 cm³/mol. The first-order valence-electron chi connectivity index (χ1n) is 18.2. The molecule has 0 bridgehead atoms. The fourth-order valence-electron chi connectivity index (χ4n) is 4.72. The van der Waals surface area contributed by atoms with Crippen LogP contribution >= 0.6 is 0 Å². The standard InChI is InChI=1S/2C18H33NO6.K.Na/c2*1-3-4-5-6-7-8-9-10-11-12-13-24-25-16(2)19(14-17(20)21)15-18(22)23;;/h2*2-15H2,1H3,(H,20,21)(H,22,23);;/q;;2*+1/p-2. The maximum absolute atomic E-state index is 10.7. The fourth-order valence-corrected chi connectivity index (χ4v) is 4.72. The van der Waals surface area contributed by atoms with Crippen LogP contribution in [0.4, 0.5) is 0 Å². The van der Waals surface area contributed by atoms with Crippen LogP contribution in [0, 0.1) is 0 Å². The molecule has 0 aromatic carbocycles. The average Bonchev–Trinajstić information content (AvgIpc) is 3.04. The maximum atomic E-state index is 10.7. The summed E-state index contributed by atoms with van der Waals surface area (Å²) in [4.78, 5) is 64.0. The van der Waals surface area contributed by atoms with E-state index < -0.39 is 50.1 Å². The molecular weight excluding hydrogens is 714 g/mol. The molecule has 0 rings (SSSR count). The van der Waals surface area contributed by atoms with Crippen molar-refractivity contribution in [2.75, 3.05) is 39.4 Å². The van der Waals surface area contributed by atoms with Crippen molar-refractivity contribution in [1.29, 1.82) is 0 Å². The minimum absolute atomic E-state index is 0. The Morgan fingerprint density at radius 2 is 0.750 bits per heavy atom. The van der Waals surface area contributed by atoms with Crippen molar-refractivity contribution in [3.8, 4) is 0 Å². The Kier molecular flexibility index (Phi) is 47.7. The van der Waals surface area contributed by atoms with Crippen molar-refractivity contribution in [2.24, 2.45) is 0 Å². The monoisotopic (exact) mass is 778 g/mol. The number of carbonyl (C=O) groups is 4. The summed E-state index contributed by atoms with van der Waals surface area (Å²) in [7, 11) is 0. The van der Waals surface area contributed by atoms with E-state index in [9.17, 15) is 29.4 Å². The van der Waals surface area contributed by atoms with Gasteiger partial charge >= 0.3 is 92.9 Å². The van der Waals surface area contributed by atoms with E-state index >= 15 is 0 Å². The summed E-state index contributed by atoms with van der Waals surface area (Å²) >= 11 is 0. The predicted octanol–water partition coefficient (Wildman–Crippen LogP) is -1.07. The van der Waals surface area contributed by atoms with Crippen molar-refractivity contribution in [1.82, 2.24) is 9.80 Å². The number of aliphatic carboxylic acids is 4. The summed E-state index contributed by atoms with van der Waals surface area (Å²) in [6.07, 6.45) is 24.1. The summed E-state index contributed by atoms with van der Waals surface area (Å²) in [5.74, 6) is -5.53. The number of carbonyl (C=O) groups excluding carboxylic acids is 2. The van der Waals surface area contributed by atoms with Crippen molar-refractivity contribution < 1.29 is 140 Å². The quantitative estimate of drug-likeness (QED) is 0.0257. The van der Waals surface area contributed by atoms with Gasteiger partial charge in [-0.2, -0.15) is 9.78 Å². The maximum Gasteiger partial charge on any atom is 1.00 e. The van der Waals surface area contributed by atoms with E-state index in [4.69, 9.17) is 29.8 Å². The van der Waals surface area contributed by atoms with Crippen LogP contribution in [-0.4, -0.2) is 83.3 Å². The van der Waals surface area contributed by atoms with E-state index in [0.717, 1.165) is 48.3 Å². The number of nitrogens with zero attached hydrogens (tertiary/aromatic N) is 2. The first kappa shape index (κ1) is 57.8. The second-order valence-electron chi connectivity index (χ2n) is 12.2. The third-order valence-corrected chi connectivity index (χ3v) is 7.47. The van der Waals surface area contributed by atoms with E-state index in [1.54, 1.807) is 0 Å². The van der Waals surface area contributed by atoms with Gasteiger partial charge in [-0.3, -0.25) is 9.59 Å². The molecule has 0 unspecified atom stereocenters. The normalized spacial score (nSPS) is 10.0. The molecule has 0 aromatic rings. The zero-order valence-electron chi connectivity index (χ0n) is 32.7. The average molecular weight is 779 g/mol. The molecule has 0 saturated heterocycles. The molecule has 16 heteroatoms. The van der Waals surface area contributed by atoms with Gasteiger partial charge in [-0.25, -0.2) is 0 Å². The van der Waals surface area contributed by atoms with Crippen molar-refractivity contribution in [3.63, 3.8) is 0 Å². The molecule has 0 aliphatic rings. The Morgan fingerprint density at radius 1 is 0.500 bits per heavy atom. The van der Waals surface area contributed by atoms with Crippen LogP contribution < -0.4 is 91.2 Å². The number of hydrogen-bond donors (Lipinski definition) is 2. The van der Waals surface area contributed by atoms with Crippen LogP contribution in [0.2, 0.25) is 0 Å². The Balaban J connectivity index is -0.000000427. The second-order valence-corrected chi connectivity index (χ2v) is 12.2. The molecule has 2 N–H and O–H groups in total. The van der Waals surface area contributed by atoms with E-state index in [-0.39, 0.29) is 92.7 Å². The summed E-state index contributed by atoms with van der Waals surface area (Å²) in [6, 6.07) is 0. The van der Waals surface area contributed by atoms with Gasteiger partial charge in [-0.15, -0.1) is 0 Å². The molecule has 52 heavy (non-hydrogen) atoms. The van der Waals surface area contributed by atoms with Gasteiger partial charge in [-0.1, -0.05) is 129 Å². The molecule has 0 aliphatic carbocycles. The van der Waals surface area contributed by atoms with Crippen LogP contribution in [0.15, 0.2) is 24.9 Å². The first-order chi connectivity index (χ1) is 23.9. The number of hydrogen-bond acceptors (Lipinski definition) is 12. The van der Waals surface area contributed by atoms with Crippen LogP contribution in [0.25, 0.3) is 0 Å². The third-order valence-electron chi connectivity index (χ3n) is 7.47. The zero-order chi connectivity index (χ0) is 37.8. The molecule has 0 spiro atoms. The third kappa shape index (κ3) is 43.5. The van der Waals surface area contributed by atoms with Crippen LogP contribution in [0.3, 0.4) is 0 Å². The molecule has 0 heterocycles. The van der Waals surface area contributed by atoms with Crippen LogP contribution in [0.1, 0.15) is 142 Å². The molecule has 0 amide bonds. The minimum Gasteiger partial charge on any atom is -0.548 e. The van der Waals surface area contributed by atoms with Gasteiger partial charge in [0, 0.05) is 0 Å². The fraction of sp³-hybridized carbons (Fsp3) is 0.778. The zero-order valence-corrected chi connectivity index (χ0v) is 37.8. The van der Waals surface area contributed by atoms with Gasteiger partial charge in [0.2, 0.25) is 11.8 Å². The Labute approximate surface area is 376 Å². The topological polar surface area (TPSA) is 198 Å². The van der Waals surface area contributed by atoms with Gasteiger partial charge in [0.25, 0.3) is 0 Å². The Morgan fingerprint density at radius 3 is 0.981 bits per heavy atom. The number of carboxylic acid groups (broad SMARTS) is 4. The molecular formula is C36H64KN2NaO12. The minimum atomic E-state index is -1.42. The summed E-state index contributed by atoms with van der Waals surface area (Å²) in [6.45, 7) is 9.75. The van der Waals surface area contributed by atoms with Crippen molar-refractivity contribution in [3.05, 3.63) is 24.9 Å². The van der Waals surface area contributed by atoms with Crippen molar-refractivity contribution >= 4 is 23.9 Å².